The Morgan fingerprint density at radius 1 is 1.19 bits per heavy atom. The molecule has 2 aliphatic heterocycles. The van der Waals surface area contributed by atoms with Gasteiger partial charge in [0, 0.05) is 24.3 Å². The van der Waals surface area contributed by atoms with Crippen LogP contribution in [0, 0.1) is 22.6 Å². The summed E-state index contributed by atoms with van der Waals surface area (Å²) in [7, 11) is 0. The average Bonchev–Trinajstić information content (AvgIpc) is 3.35. The lowest BCUT2D eigenvalue weighted by Gasteiger charge is -2.31. The molecule has 2 heterocycles. The zero-order valence-corrected chi connectivity index (χ0v) is 20.8. The number of anilines is 2. The summed E-state index contributed by atoms with van der Waals surface area (Å²) in [5.41, 5.74) is -0.0365. The number of hydrogen-bond donors (Lipinski definition) is 3. The molecule has 2 aliphatic rings. The van der Waals surface area contributed by atoms with Crippen LogP contribution in [0.3, 0.4) is 0 Å². The summed E-state index contributed by atoms with van der Waals surface area (Å²) in [4.78, 5) is 53.4. The molecule has 3 N–H and O–H groups in total. The Labute approximate surface area is 214 Å². The summed E-state index contributed by atoms with van der Waals surface area (Å²) in [6.45, 7) is 5.60. The molecule has 1 spiro atoms. The summed E-state index contributed by atoms with van der Waals surface area (Å²) in [6.07, 6.45) is 0.295. The number of fused-ring (bicyclic) bond motifs is 2. The number of rotatable bonds is 4. The monoisotopic (exact) mass is 505 g/mol. The van der Waals surface area contributed by atoms with Gasteiger partial charge < -0.3 is 20.9 Å². The minimum absolute atomic E-state index is 0.0289. The number of nitrogens with one attached hydrogen (secondary N) is 3. The van der Waals surface area contributed by atoms with E-state index in [-0.39, 0.29) is 31.0 Å². The molecule has 10 heteroatoms. The maximum atomic E-state index is 13.8. The number of carbonyl (C=O) groups is 4. The Kier molecular flexibility index (Phi) is 6.74. The van der Waals surface area contributed by atoms with Crippen LogP contribution in [0.5, 0.6) is 0 Å². The number of benzene rings is 2. The zero-order chi connectivity index (χ0) is 27.0. The fourth-order valence-corrected chi connectivity index (χ4v) is 4.98. The van der Waals surface area contributed by atoms with E-state index in [4.69, 9.17) is 0 Å². The molecule has 0 radical (unpaired) electrons. The third-order valence-corrected chi connectivity index (χ3v) is 6.62. The van der Waals surface area contributed by atoms with Crippen molar-refractivity contribution in [2.75, 3.05) is 17.2 Å². The van der Waals surface area contributed by atoms with Crippen molar-refractivity contribution in [3.8, 4) is 6.07 Å². The standard InChI is InChI=1S/C27H28FN5O4/c1-26(2,3)13-21(31-23(35)22(34)30-17-8-6-7-16(28)11-17)24(36)33-15-27(12-18(33)14-29)19-9-4-5-10-20(19)32-25(27)37/h4-11,18,21H,12-13,15H2,1-3H3,(H,30,34)(H,31,35)(H,32,37)/t18-,21-,27-/m0/s1. The van der Waals surface area contributed by atoms with E-state index in [1.807, 2.05) is 20.8 Å². The molecule has 4 amide bonds. The van der Waals surface area contributed by atoms with E-state index in [2.05, 4.69) is 22.0 Å². The Morgan fingerprint density at radius 2 is 1.92 bits per heavy atom. The maximum Gasteiger partial charge on any atom is 0.313 e. The number of para-hydroxylation sites is 1. The van der Waals surface area contributed by atoms with Crippen molar-refractivity contribution in [2.24, 2.45) is 5.41 Å². The number of halogens is 1. The Bertz CT molecular complexity index is 1310. The van der Waals surface area contributed by atoms with Crippen molar-refractivity contribution in [2.45, 2.75) is 51.1 Å². The lowest BCUT2D eigenvalue weighted by Crippen LogP contribution is -2.53. The number of nitrogens with zero attached hydrogens (tertiary/aromatic N) is 2. The van der Waals surface area contributed by atoms with Crippen LogP contribution in [0.25, 0.3) is 0 Å². The first-order chi connectivity index (χ1) is 17.4. The van der Waals surface area contributed by atoms with Gasteiger partial charge in [0.2, 0.25) is 11.8 Å². The third kappa shape index (κ3) is 5.16. The second-order valence-electron chi connectivity index (χ2n) is 10.7. The van der Waals surface area contributed by atoms with E-state index in [0.717, 1.165) is 11.6 Å². The number of likely N-dealkylation sites (tertiary alicyclic amines) is 1. The fourth-order valence-electron chi connectivity index (χ4n) is 4.98. The molecule has 0 bridgehead atoms. The third-order valence-electron chi connectivity index (χ3n) is 6.62. The van der Waals surface area contributed by atoms with Crippen LogP contribution in [-0.4, -0.2) is 47.2 Å². The van der Waals surface area contributed by atoms with Gasteiger partial charge in [0.25, 0.3) is 0 Å². The number of hydrogen-bond acceptors (Lipinski definition) is 5. The molecule has 1 fully saturated rings. The summed E-state index contributed by atoms with van der Waals surface area (Å²) in [6, 6.07) is 12.3. The van der Waals surface area contributed by atoms with E-state index in [0.29, 0.717) is 5.69 Å². The fraction of sp³-hybridized carbons (Fsp3) is 0.370. The highest BCUT2D eigenvalue weighted by atomic mass is 19.1. The van der Waals surface area contributed by atoms with Gasteiger partial charge in [0.05, 0.1) is 11.5 Å². The largest absolute Gasteiger partial charge is 0.336 e. The van der Waals surface area contributed by atoms with Crippen LogP contribution in [0.2, 0.25) is 0 Å². The zero-order valence-electron chi connectivity index (χ0n) is 20.8. The lowest BCUT2D eigenvalue weighted by atomic mass is 9.80. The van der Waals surface area contributed by atoms with Gasteiger partial charge >= 0.3 is 11.8 Å². The van der Waals surface area contributed by atoms with Crippen molar-refractivity contribution in [3.05, 3.63) is 59.9 Å². The van der Waals surface area contributed by atoms with Crippen molar-refractivity contribution >= 4 is 35.0 Å². The normalized spacial score (nSPS) is 21.1. The molecular formula is C27H28FN5O4. The maximum absolute atomic E-state index is 13.8. The van der Waals surface area contributed by atoms with E-state index in [1.165, 1.54) is 23.1 Å². The first kappa shape index (κ1) is 25.8. The molecule has 0 unspecified atom stereocenters. The highest BCUT2D eigenvalue weighted by Crippen LogP contribution is 2.46. The van der Waals surface area contributed by atoms with Crippen LogP contribution < -0.4 is 16.0 Å². The smallest absolute Gasteiger partial charge is 0.313 e. The molecule has 9 nitrogen and oxygen atoms in total. The van der Waals surface area contributed by atoms with Crippen LogP contribution in [0.1, 0.15) is 39.2 Å². The molecular weight excluding hydrogens is 477 g/mol. The molecule has 2 aromatic carbocycles. The lowest BCUT2D eigenvalue weighted by molar-refractivity contribution is -0.141. The molecule has 4 rings (SSSR count). The van der Waals surface area contributed by atoms with E-state index in [9.17, 15) is 28.8 Å². The number of amides is 4. The van der Waals surface area contributed by atoms with Gasteiger partial charge in [-0.3, -0.25) is 19.2 Å². The first-order valence-corrected chi connectivity index (χ1v) is 11.9. The summed E-state index contributed by atoms with van der Waals surface area (Å²) < 4.78 is 13.5. The average molecular weight is 506 g/mol. The first-order valence-electron chi connectivity index (χ1n) is 11.9. The SMILES string of the molecule is CC(C)(C)C[C@H](NC(=O)C(=O)Nc1cccc(F)c1)C(=O)N1C[C@]2(C[C@H]1C#N)C(=O)Nc1ccccc12. The minimum atomic E-state index is -1.13. The van der Waals surface area contributed by atoms with Crippen LogP contribution in [0.15, 0.2) is 48.5 Å². The van der Waals surface area contributed by atoms with Crippen molar-refractivity contribution in [3.63, 3.8) is 0 Å². The minimum Gasteiger partial charge on any atom is -0.336 e. The van der Waals surface area contributed by atoms with Gasteiger partial charge in [-0.1, -0.05) is 45.0 Å². The van der Waals surface area contributed by atoms with Crippen LogP contribution in [0.4, 0.5) is 15.8 Å². The van der Waals surface area contributed by atoms with Gasteiger partial charge in [0.1, 0.15) is 17.9 Å². The molecule has 192 valence electrons. The highest BCUT2D eigenvalue weighted by molar-refractivity contribution is 6.40. The van der Waals surface area contributed by atoms with E-state index in [1.54, 1.807) is 24.3 Å². The molecule has 0 aliphatic carbocycles. The molecule has 2 aromatic rings. The van der Waals surface area contributed by atoms with Crippen molar-refractivity contribution < 1.29 is 23.6 Å². The van der Waals surface area contributed by atoms with Gasteiger partial charge in [-0.2, -0.15) is 5.26 Å². The number of carbonyl (C=O) groups excluding carboxylic acids is 4. The second-order valence-corrected chi connectivity index (χ2v) is 10.7. The number of nitriles is 1. The van der Waals surface area contributed by atoms with Gasteiger partial charge in [0.15, 0.2) is 0 Å². The Balaban J connectivity index is 1.57. The molecule has 1 saturated heterocycles. The summed E-state index contributed by atoms with van der Waals surface area (Å²) >= 11 is 0. The summed E-state index contributed by atoms with van der Waals surface area (Å²) in [5, 5.41) is 17.5. The molecule has 0 saturated carbocycles. The van der Waals surface area contributed by atoms with Crippen LogP contribution >= 0.6 is 0 Å². The quantitative estimate of drug-likeness (QED) is 0.550. The van der Waals surface area contributed by atoms with Crippen molar-refractivity contribution in [1.82, 2.24) is 10.2 Å². The van der Waals surface area contributed by atoms with E-state index >= 15 is 0 Å². The van der Waals surface area contributed by atoms with Gasteiger partial charge in [-0.05, 0) is 41.7 Å². The highest BCUT2D eigenvalue weighted by Gasteiger charge is 2.56. The van der Waals surface area contributed by atoms with Gasteiger partial charge in [-0.15, -0.1) is 0 Å². The second kappa shape index (κ2) is 9.65. The topological polar surface area (TPSA) is 131 Å². The van der Waals surface area contributed by atoms with E-state index < -0.39 is 46.5 Å². The Hall–Kier alpha value is -4.26. The predicted octanol–water partition coefficient (Wildman–Crippen LogP) is 2.70. The molecule has 3 atom stereocenters. The Morgan fingerprint density at radius 3 is 2.59 bits per heavy atom. The van der Waals surface area contributed by atoms with Crippen LogP contribution in [-0.2, 0) is 24.6 Å². The molecule has 0 aromatic heterocycles. The van der Waals surface area contributed by atoms with Gasteiger partial charge in [-0.25, -0.2) is 4.39 Å². The molecule has 37 heavy (non-hydrogen) atoms. The predicted molar refractivity (Wildman–Crippen MR) is 134 cm³/mol. The van der Waals surface area contributed by atoms with Crippen molar-refractivity contribution in [1.29, 1.82) is 5.26 Å². The summed E-state index contributed by atoms with van der Waals surface area (Å²) in [5.74, 6) is -3.55.